The van der Waals surface area contributed by atoms with E-state index in [0.29, 0.717) is 16.5 Å². The lowest BCUT2D eigenvalue weighted by atomic mass is 10.1. The molecule has 9 heteroatoms. The number of pyridine rings is 1. The molecule has 0 atom stereocenters. The van der Waals surface area contributed by atoms with E-state index in [4.69, 9.17) is 32.7 Å². The van der Waals surface area contributed by atoms with Gasteiger partial charge in [0.05, 0.1) is 28.0 Å². The van der Waals surface area contributed by atoms with Gasteiger partial charge in [0.15, 0.2) is 0 Å². The Morgan fingerprint density at radius 2 is 1.73 bits per heavy atom. The van der Waals surface area contributed by atoms with Crippen LogP contribution in [0.25, 0.3) is 0 Å². The van der Waals surface area contributed by atoms with Gasteiger partial charge in [-0.2, -0.15) is 0 Å². The number of halogens is 2. The lowest BCUT2D eigenvalue weighted by molar-refractivity contribution is 0.0697. The second-order valence-corrected chi connectivity index (χ2v) is 6.82. The van der Waals surface area contributed by atoms with Crippen molar-refractivity contribution in [3.63, 3.8) is 0 Å². The predicted molar refractivity (Wildman–Crippen MR) is 113 cm³/mol. The van der Waals surface area contributed by atoms with Crippen LogP contribution in [0.3, 0.4) is 0 Å². The Bertz CT molecular complexity index is 1060. The fourth-order valence-electron chi connectivity index (χ4n) is 2.51. The van der Waals surface area contributed by atoms with Crippen LogP contribution in [-0.4, -0.2) is 35.2 Å². The number of carbonyl (C=O) groups is 2. The summed E-state index contributed by atoms with van der Waals surface area (Å²) in [5, 5.41) is 12.6. The average Bonchev–Trinajstić information content (AvgIpc) is 2.72. The fraction of sp³-hybridized carbons (Fsp3) is 0.0952. The normalized spacial score (nSPS) is 10.3. The number of hydrogen-bond donors (Lipinski definition) is 2. The number of hydrogen-bond acceptors (Lipinski definition) is 5. The van der Waals surface area contributed by atoms with Crippen molar-refractivity contribution in [3.05, 3.63) is 82.1 Å². The molecule has 0 aliphatic carbocycles. The van der Waals surface area contributed by atoms with Crippen LogP contribution in [-0.2, 0) is 0 Å². The quantitative estimate of drug-likeness (QED) is 0.482. The molecule has 0 saturated carbocycles. The molecule has 1 heterocycles. The second-order valence-electron chi connectivity index (χ2n) is 5.98. The standard InChI is InChI=1S/C21H16Cl2N2O5/c22-13-3-5-16(18(23)10-13)20(26)25-19-6-4-14(11-17(19)21(27)28)29-8-9-30-15-2-1-7-24-12-15/h1-7,10-12H,8-9H2,(H,25,26)(H,27,28). The summed E-state index contributed by atoms with van der Waals surface area (Å²) in [7, 11) is 0. The first kappa shape index (κ1) is 21.4. The lowest BCUT2D eigenvalue weighted by Crippen LogP contribution is -2.15. The third kappa shape index (κ3) is 5.62. The number of aromatic carboxylic acids is 1. The zero-order valence-electron chi connectivity index (χ0n) is 15.5. The van der Waals surface area contributed by atoms with Crippen LogP contribution in [0.1, 0.15) is 20.7 Å². The van der Waals surface area contributed by atoms with Crippen LogP contribution in [0.15, 0.2) is 60.9 Å². The van der Waals surface area contributed by atoms with E-state index in [0.717, 1.165) is 0 Å². The Balaban J connectivity index is 1.66. The third-order valence-electron chi connectivity index (χ3n) is 3.90. The SMILES string of the molecule is O=C(Nc1ccc(OCCOc2cccnc2)cc1C(=O)O)c1ccc(Cl)cc1Cl. The first-order valence-electron chi connectivity index (χ1n) is 8.73. The van der Waals surface area contributed by atoms with Crippen LogP contribution in [0.2, 0.25) is 10.0 Å². The third-order valence-corrected chi connectivity index (χ3v) is 4.45. The van der Waals surface area contributed by atoms with Crippen molar-refractivity contribution in [2.24, 2.45) is 0 Å². The van der Waals surface area contributed by atoms with Crippen LogP contribution in [0.4, 0.5) is 5.69 Å². The number of carboxylic acid groups (broad SMARTS) is 1. The van der Waals surface area contributed by atoms with Gasteiger partial charge in [-0.25, -0.2) is 4.79 Å². The zero-order valence-corrected chi connectivity index (χ0v) is 17.0. The maximum atomic E-state index is 12.5. The van der Waals surface area contributed by atoms with Crippen molar-refractivity contribution < 1.29 is 24.2 Å². The number of carboxylic acids is 1. The van der Waals surface area contributed by atoms with Crippen molar-refractivity contribution in [1.82, 2.24) is 4.98 Å². The van der Waals surface area contributed by atoms with Crippen molar-refractivity contribution >= 4 is 40.8 Å². The topological polar surface area (TPSA) is 97.8 Å². The number of ether oxygens (including phenoxy) is 2. The number of rotatable bonds is 8. The molecule has 0 bridgehead atoms. The smallest absolute Gasteiger partial charge is 0.337 e. The van der Waals surface area contributed by atoms with E-state index < -0.39 is 11.9 Å². The van der Waals surface area contributed by atoms with Crippen LogP contribution in [0, 0.1) is 0 Å². The molecule has 0 aliphatic rings. The minimum Gasteiger partial charge on any atom is -0.490 e. The summed E-state index contributed by atoms with van der Waals surface area (Å²) in [5.41, 5.74) is 0.155. The van der Waals surface area contributed by atoms with E-state index in [1.165, 1.54) is 30.3 Å². The summed E-state index contributed by atoms with van der Waals surface area (Å²) >= 11 is 11.9. The molecule has 0 aliphatic heterocycles. The maximum absolute atomic E-state index is 12.5. The number of nitrogens with zero attached hydrogens (tertiary/aromatic N) is 1. The minimum atomic E-state index is -1.22. The summed E-state index contributed by atoms with van der Waals surface area (Å²) < 4.78 is 11.0. The van der Waals surface area contributed by atoms with Gasteiger partial charge in [-0.3, -0.25) is 9.78 Å². The van der Waals surface area contributed by atoms with E-state index in [1.54, 1.807) is 30.6 Å². The van der Waals surface area contributed by atoms with Crippen molar-refractivity contribution in [2.75, 3.05) is 18.5 Å². The van der Waals surface area contributed by atoms with Gasteiger partial charge in [0.25, 0.3) is 5.91 Å². The van der Waals surface area contributed by atoms with Crippen LogP contribution in [0.5, 0.6) is 11.5 Å². The zero-order chi connectivity index (χ0) is 21.5. The Labute approximate surface area is 182 Å². The molecule has 154 valence electrons. The molecule has 2 aromatic carbocycles. The Hall–Kier alpha value is -3.29. The number of anilines is 1. The summed E-state index contributed by atoms with van der Waals surface area (Å²) in [5.74, 6) is -0.849. The molecule has 7 nitrogen and oxygen atoms in total. The maximum Gasteiger partial charge on any atom is 0.337 e. The average molecular weight is 447 g/mol. The Kier molecular flexibility index (Phi) is 7.11. The van der Waals surface area contributed by atoms with Gasteiger partial charge in [0.1, 0.15) is 24.7 Å². The van der Waals surface area contributed by atoms with Crippen molar-refractivity contribution in [1.29, 1.82) is 0 Å². The van der Waals surface area contributed by atoms with E-state index in [1.807, 2.05) is 0 Å². The molecular formula is C21H16Cl2N2O5. The molecule has 0 radical (unpaired) electrons. The molecule has 3 rings (SSSR count). The first-order chi connectivity index (χ1) is 14.4. The Morgan fingerprint density at radius 1 is 0.967 bits per heavy atom. The molecule has 1 amide bonds. The van der Waals surface area contributed by atoms with Gasteiger partial charge in [0.2, 0.25) is 0 Å². The van der Waals surface area contributed by atoms with E-state index >= 15 is 0 Å². The van der Waals surface area contributed by atoms with Crippen molar-refractivity contribution in [2.45, 2.75) is 0 Å². The highest BCUT2D eigenvalue weighted by molar-refractivity contribution is 6.37. The molecule has 1 aromatic heterocycles. The Morgan fingerprint density at radius 3 is 2.40 bits per heavy atom. The highest BCUT2D eigenvalue weighted by atomic mass is 35.5. The van der Waals surface area contributed by atoms with E-state index in [9.17, 15) is 14.7 Å². The number of aromatic nitrogens is 1. The minimum absolute atomic E-state index is 0.109. The molecule has 0 unspecified atom stereocenters. The molecule has 0 fully saturated rings. The van der Waals surface area contributed by atoms with Gasteiger partial charge in [0, 0.05) is 11.2 Å². The number of nitrogens with one attached hydrogen (secondary N) is 1. The van der Waals surface area contributed by atoms with Gasteiger partial charge in [-0.1, -0.05) is 23.2 Å². The molecule has 30 heavy (non-hydrogen) atoms. The summed E-state index contributed by atoms with van der Waals surface area (Å²) in [4.78, 5) is 28.0. The molecule has 0 spiro atoms. The van der Waals surface area contributed by atoms with Crippen LogP contribution < -0.4 is 14.8 Å². The second kappa shape index (κ2) is 9.96. The molecular weight excluding hydrogens is 431 g/mol. The summed E-state index contributed by atoms with van der Waals surface area (Å²) in [6, 6.07) is 12.2. The van der Waals surface area contributed by atoms with Gasteiger partial charge in [-0.05, 0) is 48.5 Å². The molecule has 0 saturated heterocycles. The molecule has 3 aromatic rings. The van der Waals surface area contributed by atoms with Gasteiger partial charge in [-0.15, -0.1) is 0 Å². The van der Waals surface area contributed by atoms with E-state index in [-0.39, 0.29) is 35.1 Å². The van der Waals surface area contributed by atoms with Crippen molar-refractivity contribution in [3.8, 4) is 11.5 Å². The lowest BCUT2D eigenvalue weighted by Gasteiger charge is -2.12. The number of amides is 1. The van der Waals surface area contributed by atoms with Gasteiger partial charge < -0.3 is 19.9 Å². The first-order valence-corrected chi connectivity index (χ1v) is 9.49. The number of carbonyl (C=O) groups excluding carboxylic acids is 1. The largest absolute Gasteiger partial charge is 0.490 e. The monoisotopic (exact) mass is 446 g/mol. The summed E-state index contributed by atoms with van der Waals surface area (Å²) in [6.07, 6.45) is 3.21. The highest BCUT2D eigenvalue weighted by Crippen LogP contribution is 2.25. The summed E-state index contributed by atoms with van der Waals surface area (Å²) in [6.45, 7) is 0.446. The predicted octanol–water partition coefficient (Wildman–Crippen LogP) is 4.80. The number of benzene rings is 2. The fourth-order valence-corrected chi connectivity index (χ4v) is 3.01. The highest BCUT2D eigenvalue weighted by Gasteiger charge is 2.17. The van der Waals surface area contributed by atoms with Crippen LogP contribution >= 0.6 is 23.2 Å². The van der Waals surface area contributed by atoms with Gasteiger partial charge >= 0.3 is 5.97 Å². The van der Waals surface area contributed by atoms with E-state index in [2.05, 4.69) is 10.3 Å². The molecule has 2 N–H and O–H groups in total.